The summed E-state index contributed by atoms with van der Waals surface area (Å²) < 4.78 is 38.8. The van der Waals surface area contributed by atoms with Gasteiger partial charge in [-0.1, -0.05) is 11.6 Å². The number of carbonyl (C=O) groups excluding carboxylic acids is 1. The molecule has 2 heterocycles. The van der Waals surface area contributed by atoms with E-state index in [0.717, 1.165) is 0 Å². The molecule has 1 aromatic rings. The van der Waals surface area contributed by atoms with Gasteiger partial charge >= 0.3 is 0 Å². The Kier molecular flexibility index (Phi) is 6.59. The van der Waals surface area contributed by atoms with Gasteiger partial charge in [-0.3, -0.25) is 4.79 Å². The zero-order valence-electron chi connectivity index (χ0n) is 15.2. The van der Waals surface area contributed by atoms with E-state index in [0.29, 0.717) is 62.1 Å². The minimum absolute atomic E-state index is 0.176. The van der Waals surface area contributed by atoms with Gasteiger partial charge in [0.15, 0.2) is 0 Å². The van der Waals surface area contributed by atoms with Crippen molar-refractivity contribution in [1.29, 1.82) is 0 Å². The van der Waals surface area contributed by atoms with E-state index >= 15 is 0 Å². The number of nitrogens with one attached hydrogen (secondary N) is 1. The number of nitrogens with zero attached hydrogens (tertiary/aromatic N) is 2. The Morgan fingerprint density at radius 2 is 2.00 bits per heavy atom. The minimum Gasteiger partial charge on any atom is -0.495 e. The van der Waals surface area contributed by atoms with Crippen molar-refractivity contribution < 1.29 is 22.7 Å². The smallest absolute Gasteiger partial charge is 0.282 e. The van der Waals surface area contributed by atoms with Gasteiger partial charge in [0, 0.05) is 31.9 Å². The third kappa shape index (κ3) is 4.72. The fourth-order valence-electron chi connectivity index (χ4n) is 3.30. The van der Waals surface area contributed by atoms with Crippen molar-refractivity contribution in [2.75, 3.05) is 51.8 Å². The number of hydrogen-bond acceptors (Lipinski definition) is 5. The molecule has 2 aliphatic heterocycles. The Labute approximate surface area is 164 Å². The third-order valence-corrected chi connectivity index (χ3v) is 7.09. The quantitative estimate of drug-likeness (QED) is 0.785. The van der Waals surface area contributed by atoms with E-state index in [1.807, 2.05) is 0 Å². The first-order valence-electron chi connectivity index (χ1n) is 8.89. The summed E-state index contributed by atoms with van der Waals surface area (Å²) in [5, 5.41) is 3.22. The highest BCUT2D eigenvalue weighted by Crippen LogP contribution is 2.28. The van der Waals surface area contributed by atoms with Crippen LogP contribution in [0.15, 0.2) is 18.2 Å². The van der Waals surface area contributed by atoms with Gasteiger partial charge in [0.1, 0.15) is 5.75 Å². The van der Waals surface area contributed by atoms with Crippen LogP contribution < -0.4 is 10.1 Å². The molecule has 1 N–H and O–H groups in total. The van der Waals surface area contributed by atoms with Crippen LogP contribution in [0.25, 0.3) is 0 Å². The molecular weight excluding hydrogens is 394 g/mol. The number of carbonyl (C=O) groups is 1. The molecule has 0 saturated carbocycles. The molecule has 1 amide bonds. The molecule has 1 aromatic carbocycles. The zero-order valence-corrected chi connectivity index (χ0v) is 16.8. The average Bonchev–Trinajstić information content (AvgIpc) is 2.69. The lowest BCUT2D eigenvalue weighted by atomic mass is 9.99. The maximum atomic E-state index is 12.8. The molecule has 0 bridgehead atoms. The van der Waals surface area contributed by atoms with E-state index in [-0.39, 0.29) is 12.5 Å². The van der Waals surface area contributed by atoms with Crippen LogP contribution in [0.4, 0.5) is 5.69 Å². The molecule has 0 aromatic heterocycles. The van der Waals surface area contributed by atoms with Crippen LogP contribution in [0, 0.1) is 5.92 Å². The first-order chi connectivity index (χ1) is 12.9. The summed E-state index contributed by atoms with van der Waals surface area (Å²) in [6, 6.07) is 4.99. The number of morpholine rings is 1. The van der Waals surface area contributed by atoms with Crippen LogP contribution >= 0.6 is 11.6 Å². The standard InChI is InChI=1S/C17H24ClN3O5S/c1-25-16-5-4-14(11-15(16)18)19-17(22)13-3-2-6-21(12-13)27(23,24)20-7-9-26-10-8-20/h4-5,11,13H,2-3,6-10,12H2,1H3,(H,19,22). The first-order valence-corrected chi connectivity index (χ1v) is 10.7. The molecule has 0 radical (unpaired) electrons. The maximum absolute atomic E-state index is 12.8. The first kappa shape index (κ1) is 20.3. The summed E-state index contributed by atoms with van der Waals surface area (Å²) in [6.45, 7) is 2.09. The number of benzene rings is 1. The van der Waals surface area contributed by atoms with Gasteiger partial charge in [-0.15, -0.1) is 0 Å². The van der Waals surface area contributed by atoms with E-state index in [1.54, 1.807) is 18.2 Å². The van der Waals surface area contributed by atoms with Crippen LogP contribution in [0.1, 0.15) is 12.8 Å². The fourth-order valence-corrected chi connectivity index (χ4v) is 5.22. The lowest BCUT2D eigenvalue weighted by Gasteiger charge is -2.36. The predicted octanol–water partition coefficient (Wildman–Crippen LogP) is 1.58. The van der Waals surface area contributed by atoms with Crippen LogP contribution in [0.5, 0.6) is 5.75 Å². The molecule has 0 spiro atoms. The molecular formula is C17H24ClN3O5S. The number of anilines is 1. The maximum Gasteiger partial charge on any atom is 0.282 e. The lowest BCUT2D eigenvalue weighted by Crippen LogP contribution is -2.52. The molecule has 2 aliphatic rings. The van der Waals surface area contributed by atoms with E-state index in [4.69, 9.17) is 21.1 Å². The van der Waals surface area contributed by atoms with Gasteiger partial charge in [-0.05, 0) is 31.0 Å². The van der Waals surface area contributed by atoms with Crippen molar-refractivity contribution in [3.8, 4) is 5.75 Å². The minimum atomic E-state index is -3.57. The largest absolute Gasteiger partial charge is 0.495 e. The highest BCUT2D eigenvalue weighted by atomic mass is 35.5. The van der Waals surface area contributed by atoms with Gasteiger partial charge in [0.25, 0.3) is 10.2 Å². The van der Waals surface area contributed by atoms with Crippen molar-refractivity contribution in [3.63, 3.8) is 0 Å². The summed E-state index contributed by atoms with van der Waals surface area (Å²) >= 11 is 6.09. The second-order valence-electron chi connectivity index (χ2n) is 6.55. The molecule has 150 valence electrons. The molecule has 8 nitrogen and oxygen atoms in total. The Hall–Kier alpha value is -1.39. The molecule has 1 atom stereocenters. The van der Waals surface area contributed by atoms with E-state index in [1.165, 1.54) is 15.7 Å². The average molecular weight is 418 g/mol. The van der Waals surface area contributed by atoms with E-state index < -0.39 is 16.1 Å². The SMILES string of the molecule is COc1ccc(NC(=O)C2CCCN(S(=O)(=O)N3CCOCC3)C2)cc1Cl. The van der Waals surface area contributed by atoms with Crippen molar-refractivity contribution in [1.82, 2.24) is 8.61 Å². The molecule has 2 saturated heterocycles. The predicted molar refractivity (Wildman–Crippen MR) is 102 cm³/mol. The Balaban J connectivity index is 1.65. The van der Waals surface area contributed by atoms with Gasteiger partial charge in [-0.2, -0.15) is 17.0 Å². The molecule has 0 aliphatic carbocycles. The normalized spacial score (nSPS) is 22.4. The Bertz CT molecular complexity index is 783. The van der Waals surface area contributed by atoms with Crippen molar-refractivity contribution in [3.05, 3.63) is 23.2 Å². The molecule has 10 heteroatoms. The topological polar surface area (TPSA) is 88.2 Å². The number of piperidine rings is 1. The van der Waals surface area contributed by atoms with E-state index in [2.05, 4.69) is 5.32 Å². The number of methoxy groups -OCH3 is 1. The summed E-state index contributed by atoms with van der Waals surface area (Å²) in [4.78, 5) is 12.6. The number of ether oxygens (including phenoxy) is 2. The van der Waals surface area contributed by atoms with Gasteiger partial charge in [0.05, 0.1) is 31.3 Å². The van der Waals surface area contributed by atoms with E-state index in [9.17, 15) is 13.2 Å². The van der Waals surface area contributed by atoms with Crippen molar-refractivity contribution in [2.24, 2.45) is 5.92 Å². The van der Waals surface area contributed by atoms with Crippen LogP contribution in [0.2, 0.25) is 5.02 Å². The number of rotatable bonds is 5. The van der Waals surface area contributed by atoms with Crippen LogP contribution in [-0.2, 0) is 19.7 Å². The Morgan fingerprint density at radius 1 is 1.26 bits per heavy atom. The molecule has 2 fully saturated rings. The van der Waals surface area contributed by atoms with Crippen molar-refractivity contribution >= 4 is 33.4 Å². The zero-order chi connectivity index (χ0) is 19.4. The second-order valence-corrected chi connectivity index (χ2v) is 8.89. The van der Waals surface area contributed by atoms with Crippen molar-refractivity contribution in [2.45, 2.75) is 12.8 Å². The van der Waals surface area contributed by atoms with Gasteiger partial charge < -0.3 is 14.8 Å². The number of halogens is 1. The second kappa shape index (κ2) is 8.74. The summed E-state index contributed by atoms with van der Waals surface area (Å²) in [6.07, 6.45) is 1.29. The highest BCUT2D eigenvalue weighted by Gasteiger charge is 2.36. The third-order valence-electron chi connectivity index (χ3n) is 4.80. The monoisotopic (exact) mass is 417 g/mol. The summed E-state index contributed by atoms with van der Waals surface area (Å²) in [7, 11) is -2.05. The summed E-state index contributed by atoms with van der Waals surface area (Å²) in [5.74, 6) is -0.0938. The number of hydrogen-bond donors (Lipinski definition) is 1. The molecule has 27 heavy (non-hydrogen) atoms. The van der Waals surface area contributed by atoms with Gasteiger partial charge in [0.2, 0.25) is 5.91 Å². The summed E-state index contributed by atoms with van der Waals surface area (Å²) in [5.41, 5.74) is 0.555. The van der Waals surface area contributed by atoms with Gasteiger partial charge in [-0.25, -0.2) is 0 Å². The fraction of sp³-hybridized carbons (Fsp3) is 0.588. The molecule has 3 rings (SSSR count). The lowest BCUT2D eigenvalue weighted by molar-refractivity contribution is -0.120. The van der Waals surface area contributed by atoms with Crippen LogP contribution in [-0.4, -0.2) is 69.4 Å². The number of amides is 1. The molecule has 1 unspecified atom stereocenters. The highest BCUT2D eigenvalue weighted by molar-refractivity contribution is 7.86. The van der Waals surface area contributed by atoms with Crippen LogP contribution in [0.3, 0.4) is 0 Å². The Morgan fingerprint density at radius 3 is 2.67 bits per heavy atom.